The van der Waals surface area contributed by atoms with Gasteiger partial charge in [-0.15, -0.1) is 26.3 Å². The van der Waals surface area contributed by atoms with E-state index >= 15 is 0 Å². The van der Waals surface area contributed by atoms with Crippen LogP contribution < -0.4 is 9.47 Å². The van der Waals surface area contributed by atoms with Gasteiger partial charge in [-0.1, -0.05) is 37.0 Å². The average Bonchev–Trinajstić information content (AvgIpc) is 2.20. The van der Waals surface area contributed by atoms with Crippen LogP contribution in [0.25, 0.3) is 0 Å². The highest BCUT2D eigenvalue weighted by Crippen LogP contribution is 2.46. The van der Waals surface area contributed by atoms with Gasteiger partial charge < -0.3 is 9.47 Å². The third kappa shape index (κ3) is 5.03. The van der Waals surface area contributed by atoms with Gasteiger partial charge in [0.25, 0.3) is 0 Å². The van der Waals surface area contributed by atoms with Crippen LogP contribution in [-0.4, -0.2) is 12.7 Å². The highest BCUT2D eigenvalue weighted by Gasteiger charge is 2.36. The minimum atomic E-state index is -5.12. The molecule has 0 aliphatic rings. The van der Waals surface area contributed by atoms with Gasteiger partial charge in [0.1, 0.15) is 0 Å². The Labute approximate surface area is 125 Å². The number of hydrogen-bond acceptors (Lipinski definition) is 2. The molecule has 0 radical (unpaired) electrons. The van der Waals surface area contributed by atoms with E-state index in [-0.39, 0.29) is 5.56 Å². The van der Waals surface area contributed by atoms with Crippen LogP contribution in [0, 0.1) is 0 Å². The van der Waals surface area contributed by atoms with E-state index in [4.69, 9.17) is 23.2 Å². The number of rotatable bonds is 3. The molecule has 1 rings (SSSR count). The molecule has 0 unspecified atom stereocenters. The topological polar surface area (TPSA) is 18.5 Å². The molecular formula is C11H8Cl2F6O2. The molecule has 0 aromatic heterocycles. The molecule has 2 nitrogen and oxygen atoms in total. The molecule has 0 amide bonds. The first-order valence-electron chi connectivity index (χ1n) is 5.35. The average molecular weight is 357 g/mol. The van der Waals surface area contributed by atoms with E-state index in [9.17, 15) is 26.3 Å². The number of benzene rings is 1. The van der Waals surface area contributed by atoms with E-state index in [1.807, 2.05) is 0 Å². The van der Waals surface area contributed by atoms with Crippen LogP contribution in [0.15, 0.2) is 6.07 Å². The van der Waals surface area contributed by atoms with E-state index in [2.05, 4.69) is 9.47 Å². The molecule has 120 valence electrons. The minimum absolute atomic E-state index is 0.140. The summed E-state index contributed by atoms with van der Waals surface area (Å²) < 4.78 is 80.7. The Balaban J connectivity index is 3.45. The molecule has 0 saturated carbocycles. The number of alkyl halides is 6. The molecule has 0 heterocycles. The molecule has 21 heavy (non-hydrogen) atoms. The van der Waals surface area contributed by atoms with Crippen LogP contribution in [0.3, 0.4) is 0 Å². The lowest BCUT2D eigenvalue weighted by Gasteiger charge is -2.20. The summed E-state index contributed by atoms with van der Waals surface area (Å²) >= 11 is 11.4. The molecule has 0 fully saturated rings. The van der Waals surface area contributed by atoms with Crippen molar-refractivity contribution in [2.24, 2.45) is 0 Å². The second-order valence-electron chi connectivity index (χ2n) is 4.16. The van der Waals surface area contributed by atoms with Crippen molar-refractivity contribution in [1.29, 1.82) is 0 Å². The van der Waals surface area contributed by atoms with E-state index < -0.39 is 40.2 Å². The zero-order valence-electron chi connectivity index (χ0n) is 10.5. The zero-order valence-corrected chi connectivity index (χ0v) is 12.0. The van der Waals surface area contributed by atoms with Crippen LogP contribution in [0.4, 0.5) is 26.3 Å². The predicted molar refractivity (Wildman–Crippen MR) is 63.9 cm³/mol. The molecule has 0 N–H and O–H groups in total. The van der Waals surface area contributed by atoms with Gasteiger partial charge in [0.2, 0.25) is 0 Å². The molecule has 0 atom stereocenters. The van der Waals surface area contributed by atoms with Gasteiger partial charge in [-0.05, 0) is 11.5 Å². The van der Waals surface area contributed by atoms with Crippen molar-refractivity contribution >= 4 is 23.2 Å². The highest BCUT2D eigenvalue weighted by atomic mass is 35.5. The molecule has 0 aliphatic carbocycles. The quantitative estimate of drug-likeness (QED) is 0.626. The van der Waals surface area contributed by atoms with Crippen molar-refractivity contribution in [3.8, 4) is 11.5 Å². The standard InChI is InChI=1S/C11H8Cl2F6O2/c1-4(2)7-8(12)5(20-10(14,15)16)3-6(9(7)13)21-11(17,18)19/h3-4H,1-2H3. The Morgan fingerprint density at radius 3 is 1.43 bits per heavy atom. The minimum Gasteiger partial charge on any atom is -0.404 e. The van der Waals surface area contributed by atoms with Crippen molar-refractivity contribution in [3.63, 3.8) is 0 Å². The first kappa shape index (κ1) is 18.0. The van der Waals surface area contributed by atoms with Crippen molar-refractivity contribution in [3.05, 3.63) is 21.7 Å². The van der Waals surface area contributed by atoms with Crippen molar-refractivity contribution in [1.82, 2.24) is 0 Å². The Hall–Kier alpha value is -1.02. The molecule has 1 aromatic carbocycles. The monoisotopic (exact) mass is 356 g/mol. The normalized spacial score (nSPS) is 12.7. The van der Waals surface area contributed by atoms with Crippen molar-refractivity contribution in [2.75, 3.05) is 0 Å². The lowest BCUT2D eigenvalue weighted by molar-refractivity contribution is -0.276. The van der Waals surface area contributed by atoms with E-state index in [1.165, 1.54) is 13.8 Å². The van der Waals surface area contributed by atoms with Gasteiger partial charge in [-0.3, -0.25) is 0 Å². The maximum atomic E-state index is 12.2. The van der Waals surface area contributed by atoms with Crippen LogP contribution >= 0.6 is 23.2 Å². The second kappa shape index (κ2) is 6.00. The molecule has 1 aromatic rings. The Kier molecular flexibility index (Phi) is 5.15. The van der Waals surface area contributed by atoms with Gasteiger partial charge in [0.05, 0.1) is 10.0 Å². The zero-order chi connectivity index (χ0) is 16.6. The van der Waals surface area contributed by atoms with Gasteiger partial charge >= 0.3 is 12.7 Å². The maximum absolute atomic E-state index is 12.2. The van der Waals surface area contributed by atoms with Gasteiger partial charge in [-0.2, -0.15) is 0 Å². The summed E-state index contributed by atoms with van der Waals surface area (Å²) in [5, 5.41) is -1.05. The van der Waals surface area contributed by atoms with E-state index in [0.29, 0.717) is 6.07 Å². The van der Waals surface area contributed by atoms with Crippen molar-refractivity contribution < 1.29 is 35.8 Å². The summed E-state index contributed by atoms with van der Waals surface area (Å²) in [7, 11) is 0. The Morgan fingerprint density at radius 2 is 1.19 bits per heavy atom. The van der Waals surface area contributed by atoms with Gasteiger partial charge in [-0.25, -0.2) is 0 Å². The fraction of sp³-hybridized carbons (Fsp3) is 0.455. The first-order chi connectivity index (χ1) is 9.32. The SMILES string of the molecule is CC(C)c1c(Cl)c(OC(F)(F)F)cc(OC(F)(F)F)c1Cl. The summed E-state index contributed by atoms with van der Waals surface area (Å²) in [4.78, 5) is 0. The van der Waals surface area contributed by atoms with Crippen LogP contribution in [-0.2, 0) is 0 Å². The molecule has 0 aliphatic heterocycles. The maximum Gasteiger partial charge on any atom is 0.573 e. The highest BCUT2D eigenvalue weighted by molar-refractivity contribution is 6.38. The van der Waals surface area contributed by atoms with E-state index in [1.54, 1.807) is 0 Å². The van der Waals surface area contributed by atoms with Crippen molar-refractivity contribution in [2.45, 2.75) is 32.5 Å². The smallest absolute Gasteiger partial charge is 0.404 e. The molecule has 10 heteroatoms. The lowest BCUT2D eigenvalue weighted by Crippen LogP contribution is -2.20. The molecule has 0 bridgehead atoms. The lowest BCUT2D eigenvalue weighted by atomic mass is 10.0. The largest absolute Gasteiger partial charge is 0.573 e. The molecular weight excluding hydrogens is 349 g/mol. The fourth-order valence-corrected chi connectivity index (χ4v) is 2.37. The van der Waals surface area contributed by atoms with Crippen LogP contribution in [0.5, 0.6) is 11.5 Å². The predicted octanol–water partition coefficient (Wildman–Crippen LogP) is 5.91. The number of ether oxygens (including phenoxy) is 2. The number of halogens is 8. The summed E-state index contributed by atoms with van der Waals surface area (Å²) in [5.41, 5.74) is -0.140. The first-order valence-corrected chi connectivity index (χ1v) is 6.11. The Bertz CT molecular complexity index is 485. The summed E-state index contributed by atoms with van der Waals surface area (Å²) in [6.07, 6.45) is -10.2. The third-order valence-corrected chi connectivity index (χ3v) is 2.98. The molecule has 0 spiro atoms. The Morgan fingerprint density at radius 1 is 0.857 bits per heavy atom. The van der Waals surface area contributed by atoms with E-state index in [0.717, 1.165) is 0 Å². The summed E-state index contributed by atoms with van der Waals surface area (Å²) in [5.74, 6) is -2.59. The van der Waals surface area contributed by atoms with Crippen LogP contribution in [0.2, 0.25) is 10.0 Å². The van der Waals surface area contributed by atoms with Gasteiger partial charge in [0, 0.05) is 6.07 Å². The van der Waals surface area contributed by atoms with Gasteiger partial charge in [0.15, 0.2) is 11.5 Å². The summed E-state index contributed by atoms with van der Waals surface area (Å²) in [6, 6.07) is 0.345. The third-order valence-electron chi connectivity index (χ3n) is 2.20. The number of hydrogen-bond donors (Lipinski definition) is 0. The van der Waals surface area contributed by atoms with Crippen LogP contribution in [0.1, 0.15) is 25.3 Å². The molecule has 0 saturated heterocycles. The second-order valence-corrected chi connectivity index (χ2v) is 4.92. The fourth-order valence-electron chi connectivity index (χ4n) is 1.51. The summed E-state index contributed by atoms with van der Waals surface area (Å²) in [6.45, 7) is 2.98.